The smallest absolute Gasteiger partial charge is 0.415 e. The van der Waals surface area contributed by atoms with Gasteiger partial charge >= 0.3 is 5.76 Å². The Morgan fingerprint density at radius 3 is 2.32 bits per heavy atom. The zero-order valence-corrected chi connectivity index (χ0v) is 14.6. The third-order valence-electron chi connectivity index (χ3n) is 3.38. The standard InChI is InChI=1S/C15H9BrF2N2O4S/c16-8-1-3-9(4-2-8)20-13(7-24-15(20)21)10-5-12(18)14(6-11(10)17)25(19,22)23/h1-7H,(H2,19,22,23). The fraction of sp³-hybridized carbons (Fsp3) is 0. The third-order valence-corrected chi connectivity index (χ3v) is 4.84. The van der Waals surface area contributed by atoms with Crippen molar-refractivity contribution in [3.05, 3.63) is 69.3 Å². The molecular weight excluding hydrogens is 422 g/mol. The highest BCUT2D eigenvalue weighted by molar-refractivity contribution is 9.10. The number of nitrogens with two attached hydrogens (primary N) is 1. The van der Waals surface area contributed by atoms with Gasteiger partial charge in [0.25, 0.3) is 0 Å². The van der Waals surface area contributed by atoms with E-state index >= 15 is 0 Å². The van der Waals surface area contributed by atoms with Crippen LogP contribution in [0, 0.1) is 11.6 Å². The lowest BCUT2D eigenvalue weighted by atomic mass is 10.1. The van der Waals surface area contributed by atoms with Gasteiger partial charge in [0.2, 0.25) is 10.0 Å². The minimum Gasteiger partial charge on any atom is -0.415 e. The van der Waals surface area contributed by atoms with Crippen molar-refractivity contribution in [2.45, 2.75) is 4.90 Å². The second-order valence-electron chi connectivity index (χ2n) is 5.01. The molecule has 6 nitrogen and oxygen atoms in total. The topological polar surface area (TPSA) is 95.3 Å². The summed E-state index contributed by atoms with van der Waals surface area (Å²) in [5.41, 5.74) is -0.0735. The molecule has 1 aromatic heterocycles. The van der Waals surface area contributed by atoms with Gasteiger partial charge < -0.3 is 4.42 Å². The van der Waals surface area contributed by atoms with Crippen LogP contribution in [0.1, 0.15) is 0 Å². The Morgan fingerprint density at radius 1 is 1.08 bits per heavy atom. The molecule has 0 fully saturated rings. The molecule has 0 saturated carbocycles. The number of nitrogens with zero attached hydrogens (tertiary/aromatic N) is 1. The molecule has 0 saturated heterocycles. The van der Waals surface area contributed by atoms with Gasteiger partial charge in [-0.3, -0.25) is 0 Å². The first-order valence-corrected chi connectivity index (χ1v) is 9.01. The van der Waals surface area contributed by atoms with E-state index in [1.54, 1.807) is 24.3 Å². The lowest BCUT2D eigenvalue weighted by Gasteiger charge is -2.09. The quantitative estimate of drug-likeness (QED) is 0.690. The van der Waals surface area contributed by atoms with E-state index < -0.39 is 32.3 Å². The van der Waals surface area contributed by atoms with Crippen LogP contribution in [0.5, 0.6) is 0 Å². The minimum atomic E-state index is -4.43. The molecule has 0 amide bonds. The van der Waals surface area contributed by atoms with Crippen LogP contribution in [0.3, 0.4) is 0 Å². The SMILES string of the molecule is NS(=O)(=O)c1cc(F)c(-c2coc(=O)n2-c2ccc(Br)cc2)cc1F. The summed E-state index contributed by atoms with van der Waals surface area (Å²) in [5.74, 6) is -3.13. The van der Waals surface area contributed by atoms with Gasteiger partial charge in [-0.2, -0.15) is 0 Å². The van der Waals surface area contributed by atoms with Crippen molar-refractivity contribution in [2.24, 2.45) is 5.14 Å². The fourth-order valence-corrected chi connectivity index (χ4v) is 3.13. The largest absolute Gasteiger partial charge is 0.424 e. The predicted octanol–water partition coefficient (Wildman–Crippen LogP) is 2.79. The number of sulfonamides is 1. The molecule has 0 atom stereocenters. The van der Waals surface area contributed by atoms with Crippen LogP contribution in [0.25, 0.3) is 16.9 Å². The van der Waals surface area contributed by atoms with Crippen LogP contribution >= 0.6 is 15.9 Å². The average Bonchev–Trinajstić information content (AvgIpc) is 2.90. The molecule has 0 unspecified atom stereocenters. The van der Waals surface area contributed by atoms with Crippen LogP contribution in [0.2, 0.25) is 0 Å². The lowest BCUT2D eigenvalue weighted by molar-refractivity contribution is 0.504. The van der Waals surface area contributed by atoms with Gasteiger partial charge in [-0.25, -0.2) is 31.7 Å². The van der Waals surface area contributed by atoms with Gasteiger partial charge in [0.05, 0.1) is 11.4 Å². The first-order chi connectivity index (χ1) is 11.7. The Kier molecular flexibility index (Phi) is 4.35. The van der Waals surface area contributed by atoms with E-state index in [0.29, 0.717) is 17.8 Å². The summed E-state index contributed by atoms with van der Waals surface area (Å²) in [5, 5.41) is 4.84. The highest BCUT2D eigenvalue weighted by Crippen LogP contribution is 2.28. The minimum absolute atomic E-state index is 0.0790. The molecule has 0 bridgehead atoms. The average molecular weight is 431 g/mol. The summed E-state index contributed by atoms with van der Waals surface area (Å²) in [6.07, 6.45) is 0.957. The summed E-state index contributed by atoms with van der Waals surface area (Å²) in [7, 11) is -4.43. The second kappa shape index (κ2) is 6.21. The Hall–Kier alpha value is -2.30. The number of hydrogen-bond acceptors (Lipinski definition) is 4. The monoisotopic (exact) mass is 430 g/mol. The maximum absolute atomic E-state index is 14.4. The Balaban J connectivity index is 2.24. The van der Waals surface area contributed by atoms with Crippen molar-refractivity contribution in [2.75, 3.05) is 0 Å². The lowest BCUT2D eigenvalue weighted by Crippen LogP contribution is -2.16. The van der Waals surface area contributed by atoms with E-state index in [1.807, 2.05) is 0 Å². The van der Waals surface area contributed by atoms with Crippen molar-refractivity contribution >= 4 is 26.0 Å². The molecule has 130 valence electrons. The number of halogens is 3. The number of hydrogen-bond donors (Lipinski definition) is 1. The number of aromatic nitrogens is 1. The summed E-state index contributed by atoms with van der Waals surface area (Å²) >= 11 is 3.25. The van der Waals surface area contributed by atoms with Gasteiger partial charge in [0, 0.05) is 10.0 Å². The maximum atomic E-state index is 14.4. The molecule has 3 rings (SSSR count). The number of rotatable bonds is 3. The van der Waals surface area contributed by atoms with Gasteiger partial charge in [0.1, 0.15) is 22.8 Å². The van der Waals surface area contributed by atoms with E-state index in [-0.39, 0.29) is 11.3 Å². The van der Waals surface area contributed by atoms with E-state index in [2.05, 4.69) is 15.9 Å². The van der Waals surface area contributed by atoms with Crippen molar-refractivity contribution < 1.29 is 21.6 Å². The highest BCUT2D eigenvalue weighted by atomic mass is 79.9. The number of primary sulfonamides is 1. The second-order valence-corrected chi connectivity index (χ2v) is 7.45. The molecule has 0 aliphatic heterocycles. The molecule has 25 heavy (non-hydrogen) atoms. The predicted molar refractivity (Wildman–Crippen MR) is 88.7 cm³/mol. The van der Waals surface area contributed by atoms with Crippen molar-refractivity contribution in [1.29, 1.82) is 0 Å². The highest BCUT2D eigenvalue weighted by Gasteiger charge is 2.22. The first-order valence-electron chi connectivity index (χ1n) is 6.67. The van der Waals surface area contributed by atoms with Crippen LogP contribution in [0.4, 0.5) is 8.78 Å². The molecule has 2 aromatic carbocycles. The van der Waals surface area contributed by atoms with Gasteiger partial charge in [-0.15, -0.1) is 0 Å². The van der Waals surface area contributed by atoms with E-state index in [9.17, 15) is 22.0 Å². The van der Waals surface area contributed by atoms with Crippen LogP contribution in [0.15, 0.2) is 61.2 Å². The van der Waals surface area contributed by atoms with E-state index in [4.69, 9.17) is 9.56 Å². The van der Waals surface area contributed by atoms with Crippen molar-refractivity contribution in [1.82, 2.24) is 4.57 Å². The van der Waals surface area contributed by atoms with E-state index in [1.165, 1.54) is 0 Å². The normalized spacial score (nSPS) is 11.7. The van der Waals surface area contributed by atoms with E-state index in [0.717, 1.165) is 15.3 Å². The summed E-state index contributed by atoms with van der Waals surface area (Å²) < 4.78 is 57.5. The fourth-order valence-electron chi connectivity index (χ4n) is 2.27. The van der Waals surface area contributed by atoms with Gasteiger partial charge in [-0.1, -0.05) is 15.9 Å². The molecule has 0 aliphatic carbocycles. The van der Waals surface area contributed by atoms with Crippen molar-refractivity contribution in [3.63, 3.8) is 0 Å². The van der Waals surface area contributed by atoms with Crippen LogP contribution < -0.4 is 10.9 Å². The van der Waals surface area contributed by atoms with Crippen LogP contribution in [-0.4, -0.2) is 13.0 Å². The molecule has 10 heteroatoms. The molecule has 1 heterocycles. The molecule has 0 radical (unpaired) electrons. The third kappa shape index (κ3) is 3.28. The summed E-state index contributed by atoms with van der Waals surface area (Å²) in [4.78, 5) is 11.0. The Labute approximate surface area is 148 Å². The molecular formula is C15H9BrF2N2O4S. The van der Waals surface area contributed by atoms with Crippen LogP contribution in [-0.2, 0) is 10.0 Å². The first kappa shape index (κ1) is 17.5. The number of benzene rings is 2. The van der Waals surface area contributed by atoms with Gasteiger partial charge in [-0.05, 0) is 36.4 Å². The molecule has 3 aromatic rings. The molecule has 0 spiro atoms. The zero-order chi connectivity index (χ0) is 18.4. The Morgan fingerprint density at radius 2 is 1.72 bits per heavy atom. The Bertz CT molecular complexity index is 1120. The number of oxazole rings is 1. The maximum Gasteiger partial charge on any atom is 0.424 e. The zero-order valence-electron chi connectivity index (χ0n) is 12.2. The molecule has 2 N–H and O–H groups in total. The van der Waals surface area contributed by atoms with Crippen molar-refractivity contribution in [3.8, 4) is 16.9 Å². The summed E-state index contributed by atoms with van der Waals surface area (Å²) in [6.45, 7) is 0. The summed E-state index contributed by atoms with van der Waals surface area (Å²) in [6, 6.07) is 7.55. The van der Waals surface area contributed by atoms with Gasteiger partial charge in [0.15, 0.2) is 0 Å². The molecule has 0 aliphatic rings.